The van der Waals surface area contributed by atoms with Gasteiger partial charge < -0.3 is 14.4 Å². The summed E-state index contributed by atoms with van der Waals surface area (Å²) < 4.78 is 9.81. The molecule has 0 bridgehead atoms. The average Bonchev–Trinajstić information content (AvgIpc) is 2.42. The molecular formula is C13H23NO4. The predicted molar refractivity (Wildman–Crippen MR) is 67.0 cm³/mol. The molecule has 0 aromatic rings. The maximum Gasteiger partial charge on any atom is 0.306 e. The fourth-order valence-corrected chi connectivity index (χ4v) is 2.04. The number of nitrogens with zero attached hydrogens (tertiary/aromatic N) is 1. The summed E-state index contributed by atoms with van der Waals surface area (Å²) in [6.07, 6.45) is 3.59. The molecule has 0 aromatic carbocycles. The predicted octanol–water partition coefficient (Wildman–Crippen LogP) is 1.21. The molecule has 1 saturated heterocycles. The van der Waals surface area contributed by atoms with Gasteiger partial charge in [-0.2, -0.15) is 0 Å². The standard InChI is InChI=1S/C13H23NO4/c1-14(12(15)3-4-13(16)17-2)8-5-11-6-9-18-10-7-11/h11H,3-10H2,1-2H3. The van der Waals surface area contributed by atoms with Crippen molar-refractivity contribution in [3.8, 4) is 0 Å². The molecule has 0 aliphatic carbocycles. The van der Waals surface area contributed by atoms with Crippen molar-refractivity contribution in [3.63, 3.8) is 0 Å². The van der Waals surface area contributed by atoms with Gasteiger partial charge >= 0.3 is 5.97 Å². The Morgan fingerprint density at radius 1 is 1.28 bits per heavy atom. The lowest BCUT2D eigenvalue weighted by molar-refractivity contribution is -0.143. The molecule has 18 heavy (non-hydrogen) atoms. The Labute approximate surface area is 108 Å². The molecule has 5 heteroatoms. The fourth-order valence-electron chi connectivity index (χ4n) is 2.04. The Morgan fingerprint density at radius 3 is 2.56 bits per heavy atom. The normalized spacial score (nSPS) is 16.3. The van der Waals surface area contributed by atoms with Crippen LogP contribution in [-0.4, -0.2) is 50.7 Å². The molecule has 0 atom stereocenters. The Hall–Kier alpha value is -1.10. The number of amides is 1. The van der Waals surface area contributed by atoms with Crippen molar-refractivity contribution in [1.82, 2.24) is 4.90 Å². The third kappa shape index (κ3) is 5.49. The van der Waals surface area contributed by atoms with E-state index in [4.69, 9.17) is 4.74 Å². The summed E-state index contributed by atoms with van der Waals surface area (Å²) in [4.78, 5) is 24.4. The number of carbonyl (C=O) groups is 2. The van der Waals surface area contributed by atoms with Gasteiger partial charge in [-0.3, -0.25) is 9.59 Å². The highest BCUT2D eigenvalue weighted by molar-refractivity contribution is 5.81. The van der Waals surface area contributed by atoms with Crippen LogP contribution in [0.1, 0.15) is 32.1 Å². The van der Waals surface area contributed by atoms with Gasteiger partial charge in [0.05, 0.1) is 13.5 Å². The number of rotatable bonds is 6. The summed E-state index contributed by atoms with van der Waals surface area (Å²) in [7, 11) is 3.13. The minimum atomic E-state index is -0.332. The van der Waals surface area contributed by atoms with Crippen LogP contribution in [0.25, 0.3) is 0 Å². The van der Waals surface area contributed by atoms with Crippen molar-refractivity contribution in [2.45, 2.75) is 32.1 Å². The van der Waals surface area contributed by atoms with E-state index in [1.54, 1.807) is 11.9 Å². The zero-order valence-corrected chi connectivity index (χ0v) is 11.3. The van der Waals surface area contributed by atoms with Gasteiger partial charge in [-0.25, -0.2) is 0 Å². The Balaban J connectivity index is 2.16. The van der Waals surface area contributed by atoms with Crippen molar-refractivity contribution < 1.29 is 19.1 Å². The summed E-state index contributed by atoms with van der Waals surface area (Å²) in [5.41, 5.74) is 0. The van der Waals surface area contributed by atoms with Crippen molar-refractivity contribution in [2.75, 3.05) is 33.9 Å². The smallest absolute Gasteiger partial charge is 0.306 e. The number of methoxy groups -OCH3 is 1. The van der Waals surface area contributed by atoms with Crippen molar-refractivity contribution >= 4 is 11.9 Å². The van der Waals surface area contributed by atoms with Crippen LogP contribution in [0.2, 0.25) is 0 Å². The van der Waals surface area contributed by atoms with Gasteiger partial charge in [-0.1, -0.05) is 0 Å². The van der Waals surface area contributed by atoms with Crippen LogP contribution in [-0.2, 0) is 19.1 Å². The molecule has 0 N–H and O–H groups in total. The number of carbonyl (C=O) groups excluding carboxylic acids is 2. The van der Waals surface area contributed by atoms with Crippen molar-refractivity contribution in [1.29, 1.82) is 0 Å². The lowest BCUT2D eigenvalue weighted by Crippen LogP contribution is -2.30. The third-order valence-electron chi connectivity index (χ3n) is 3.41. The molecule has 1 aliphatic rings. The fraction of sp³-hybridized carbons (Fsp3) is 0.846. The SMILES string of the molecule is COC(=O)CCC(=O)N(C)CCC1CCOCC1. The van der Waals surface area contributed by atoms with Crippen LogP contribution in [0.3, 0.4) is 0 Å². The van der Waals surface area contributed by atoms with E-state index in [9.17, 15) is 9.59 Å². The van der Waals surface area contributed by atoms with E-state index in [2.05, 4.69) is 4.74 Å². The van der Waals surface area contributed by atoms with E-state index >= 15 is 0 Å². The molecule has 104 valence electrons. The summed E-state index contributed by atoms with van der Waals surface area (Å²) in [5, 5.41) is 0. The monoisotopic (exact) mass is 257 g/mol. The highest BCUT2D eigenvalue weighted by Gasteiger charge is 2.16. The average molecular weight is 257 g/mol. The first-order valence-corrected chi connectivity index (χ1v) is 6.52. The molecule has 0 radical (unpaired) electrons. The van der Waals surface area contributed by atoms with Crippen LogP contribution < -0.4 is 0 Å². The van der Waals surface area contributed by atoms with Gasteiger partial charge in [0.15, 0.2) is 0 Å². The molecule has 0 unspecified atom stereocenters. The van der Waals surface area contributed by atoms with Crippen LogP contribution >= 0.6 is 0 Å². The second-order valence-corrected chi connectivity index (χ2v) is 4.74. The second-order valence-electron chi connectivity index (χ2n) is 4.74. The second kappa shape index (κ2) is 8.08. The van der Waals surface area contributed by atoms with Crippen molar-refractivity contribution in [2.24, 2.45) is 5.92 Å². The van der Waals surface area contributed by atoms with Gasteiger partial charge in [0.1, 0.15) is 0 Å². The minimum Gasteiger partial charge on any atom is -0.469 e. The lowest BCUT2D eigenvalue weighted by atomic mass is 9.96. The molecule has 1 fully saturated rings. The number of hydrogen-bond acceptors (Lipinski definition) is 4. The molecule has 1 aliphatic heterocycles. The lowest BCUT2D eigenvalue weighted by Gasteiger charge is -2.24. The third-order valence-corrected chi connectivity index (χ3v) is 3.41. The number of ether oxygens (including phenoxy) is 2. The zero-order chi connectivity index (χ0) is 13.4. The van der Waals surface area contributed by atoms with Gasteiger partial charge in [-0.05, 0) is 25.2 Å². The van der Waals surface area contributed by atoms with Gasteiger partial charge in [0.2, 0.25) is 5.91 Å². The first-order chi connectivity index (χ1) is 8.63. The molecule has 1 amide bonds. The maximum absolute atomic E-state index is 11.7. The Bertz CT molecular complexity index is 274. The summed E-state index contributed by atoms with van der Waals surface area (Å²) in [6.45, 7) is 2.43. The minimum absolute atomic E-state index is 0.00691. The number of hydrogen-bond donors (Lipinski definition) is 0. The van der Waals surface area contributed by atoms with E-state index in [1.165, 1.54) is 7.11 Å². The first-order valence-electron chi connectivity index (χ1n) is 6.52. The molecule has 0 spiro atoms. The van der Waals surface area contributed by atoms with Gasteiger partial charge in [-0.15, -0.1) is 0 Å². The Kier molecular flexibility index (Phi) is 6.72. The summed E-state index contributed by atoms with van der Waals surface area (Å²) >= 11 is 0. The Morgan fingerprint density at radius 2 is 1.94 bits per heavy atom. The molecule has 0 saturated carbocycles. The van der Waals surface area contributed by atoms with Crippen molar-refractivity contribution in [3.05, 3.63) is 0 Å². The quantitative estimate of drug-likeness (QED) is 0.671. The molecule has 0 aromatic heterocycles. The van der Waals surface area contributed by atoms with E-state index < -0.39 is 0 Å². The van der Waals surface area contributed by atoms with E-state index in [1.807, 2.05) is 0 Å². The highest BCUT2D eigenvalue weighted by atomic mass is 16.5. The van der Waals surface area contributed by atoms with E-state index in [0.717, 1.165) is 39.0 Å². The summed E-state index contributed by atoms with van der Waals surface area (Å²) in [5.74, 6) is 0.336. The van der Waals surface area contributed by atoms with Gasteiger partial charge in [0.25, 0.3) is 0 Å². The van der Waals surface area contributed by atoms with E-state index in [-0.39, 0.29) is 24.7 Å². The van der Waals surface area contributed by atoms with E-state index in [0.29, 0.717) is 5.92 Å². The van der Waals surface area contributed by atoms with Crippen LogP contribution in [0.4, 0.5) is 0 Å². The highest BCUT2D eigenvalue weighted by Crippen LogP contribution is 2.18. The van der Waals surface area contributed by atoms with Gasteiger partial charge in [0, 0.05) is 33.2 Å². The largest absolute Gasteiger partial charge is 0.469 e. The zero-order valence-electron chi connectivity index (χ0n) is 11.3. The maximum atomic E-state index is 11.7. The topological polar surface area (TPSA) is 55.8 Å². The van der Waals surface area contributed by atoms with Crippen LogP contribution in [0.15, 0.2) is 0 Å². The molecule has 1 heterocycles. The summed E-state index contributed by atoms with van der Waals surface area (Å²) in [6, 6.07) is 0. The van der Waals surface area contributed by atoms with Crippen LogP contribution in [0, 0.1) is 5.92 Å². The molecule has 1 rings (SSSR count). The van der Waals surface area contributed by atoms with Crippen LogP contribution in [0.5, 0.6) is 0 Å². The molecular weight excluding hydrogens is 234 g/mol. The molecule has 5 nitrogen and oxygen atoms in total. The first kappa shape index (κ1) is 15.0. The number of esters is 1.